The number of hydrogen-bond donors (Lipinski definition) is 0. The van der Waals surface area contributed by atoms with Gasteiger partial charge < -0.3 is 19.4 Å². The Bertz CT molecular complexity index is 715. The molecule has 0 aliphatic carbocycles. The van der Waals surface area contributed by atoms with Gasteiger partial charge in [0.1, 0.15) is 5.75 Å². The largest absolute Gasteiger partial charge is 0.497 e. The lowest BCUT2D eigenvalue weighted by Crippen LogP contribution is -2.48. The third-order valence-corrected chi connectivity index (χ3v) is 6.75. The van der Waals surface area contributed by atoms with Gasteiger partial charge in [-0.25, -0.2) is 0 Å². The Labute approximate surface area is 173 Å². The van der Waals surface area contributed by atoms with Crippen LogP contribution in [-0.2, 0) is 9.59 Å². The fourth-order valence-corrected chi connectivity index (χ4v) is 5.05. The Kier molecular flexibility index (Phi) is 6.38. The molecule has 3 fully saturated rings. The van der Waals surface area contributed by atoms with Gasteiger partial charge in [-0.2, -0.15) is 0 Å². The molecule has 3 aliphatic heterocycles. The first-order valence-electron chi connectivity index (χ1n) is 11.1. The summed E-state index contributed by atoms with van der Waals surface area (Å²) in [6.45, 7) is 4.83. The van der Waals surface area contributed by atoms with E-state index < -0.39 is 0 Å². The van der Waals surface area contributed by atoms with E-state index in [9.17, 15) is 9.59 Å². The highest BCUT2D eigenvalue weighted by Crippen LogP contribution is 2.30. The fourth-order valence-electron chi connectivity index (χ4n) is 5.05. The molecule has 0 saturated carbocycles. The summed E-state index contributed by atoms with van der Waals surface area (Å²) < 4.78 is 5.20. The van der Waals surface area contributed by atoms with Gasteiger partial charge in [0.15, 0.2) is 0 Å². The topological polar surface area (TPSA) is 53.1 Å². The summed E-state index contributed by atoms with van der Waals surface area (Å²) >= 11 is 0. The molecule has 0 unspecified atom stereocenters. The van der Waals surface area contributed by atoms with E-state index in [-0.39, 0.29) is 17.7 Å². The summed E-state index contributed by atoms with van der Waals surface area (Å²) in [6, 6.07) is 7.84. The number of methoxy groups -OCH3 is 1. The van der Waals surface area contributed by atoms with Crippen molar-refractivity contribution in [3.63, 3.8) is 0 Å². The molecule has 1 aromatic rings. The highest BCUT2D eigenvalue weighted by Gasteiger charge is 2.39. The second-order valence-electron chi connectivity index (χ2n) is 8.62. The number of nitrogens with zero attached hydrogens (tertiary/aromatic N) is 3. The number of anilines is 1. The lowest BCUT2D eigenvalue weighted by Gasteiger charge is -2.38. The maximum absolute atomic E-state index is 13.3. The van der Waals surface area contributed by atoms with E-state index in [1.807, 2.05) is 24.3 Å². The zero-order chi connectivity index (χ0) is 20.2. The van der Waals surface area contributed by atoms with E-state index in [0.29, 0.717) is 19.0 Å². The van der Waals surface area contributed by atoms with Gasteiger partial charge >= 0.3 is 0 Å². The Balaban J connectivity index is 1.38. The van der Waals surface area contributed by atoms with Crippen molar-refractivity contribution in [1.29, 1.82) is 0 Å². The average Bonchev–Trinajstić information content (AvgIpc) is 3.42. The quantitative estimate of drug-likeness (QED) is 0.738. The fraction of sp³-hybridized carbons (Fsp3) is 0.652. The molecule has 1 aromatic carbocycles. The van der Waals surface area contributed by atoms with Crippen molar-refractivity contribution in [2.75, 3.05) is 44.7 Å². The van der Waals surface area contributed by atoms with Crippen molar-refractivity contribution >= 4 is 17.5 Å². The molecule has 3 heterocycles. The second kappa shape index (κ2) is 9.16. The Morgan fingerprint density at radius 2 is 1.79 bits per heavy atom. The van der Waals surface area contributed by atoms with E-state index in [0.717, 1.165) is 43.8 Å². The minimum atomic E-state index is -0.225. The Hall–Kier alpha value is -2.08. The van der Waals surface area contributed by atoms with Crippen LogP contribution in [0.25, 0.3) is 0 Å². The van der Waals surface area contributed by atoms with Gasteiger partial charge in [0, 0.05) is 37.8 Å². The van der Waals surface area contributed by atoms with Crippen LogP contribution in [-0.4, -0.2) is 67.5 Å². The number of carbonyl (C=O) groups is 2. The molecule has 0 bridgehead atoms. The molecule has 3 saturated heterocycles. The molecule has 4 rings (SSSR count). The zero-order valence-corrected chi connectivity index (χ0v) is 17.5. The van der Waals surface area contributed by atoms with Crippen LogP contribution in [0.5, 0.6) is 5.75 Å². The number of rotatable bonds is 6. The first-order valence-corrected chi connectivity index (χ1v) is 11.1. The Morgan fingerprint density at radius 1 is 1.07 bits per heavy atom. The van der Waals surface area contributed by atoms with Crippen LogP contribution < -0.4 is 9.64 Å². The number of hydrogen-bond acceptors (Lipinski definition) is 4. The smallest absolute Gasteiger partial charge is 0.228 e. The lowest BCUT2D eigenvalue weighted by atomic mass is 9.96. The average molecular weight is 400 g/mol. The minimum absolute atomic E-state index is 0.0409. The molecule has 29 heavy (non-hydrogen) atoms. The number of ether oxygens (including phenoxy) is 1. The monoisotopic (exact) mass is 399 g/mol. The van der Waals surface area contributed by atoms with Crippen molar-refractivity contribution in [1.82, 2.24) is 9.80 Å². The molecule has 0 spiro atoms. The van der Waals surface area contributed by atoms with Crippen LogP contribution in [0, 0.1) is 5.92 Å². The van der Waals surface area contributed by atoms with E-state index in [1.165, 1.54) is 32.4 Å². The molecule has 158 valence electrons. The van der Waals surface area contributed by atoms with Crippen LogP contribution in [0.1, 0.15) is 44.9 Å². The standard InChI is InChI=1S/C23H33N3O3/c1-29-21-9-7-20(8-10-21)26-17-18(16-22(26)27)23(28)25-14-3-2-6-19(25)11-15-24-12-4-5-13-24/h7-10,18-19H,2-6,11-17H2,1H3/t18-,19-/m1/s1. The molecular formula is C23H33N3O3. The molecule has 3 aliphatic rings. The highest BCUT2D eigenvalue weighted by molar-refractivity contribution is 6.00. The van der Waals surface area contributed by atoms with E-state index in [1.54, 1.807) is 12.0 Å². The minimum Gasteiger partial charge on any atom is -0.497 e. The highest BCUT2D eigenvalue weighted by atomic mass is 16.5. The van der Waals surface area contributed by atoms with Gasteiger partial charge in [-0.05, 0) is 75.9 Å². The third kappa shape index (κ3) is 4.58. The van der Waals surface area contributed by atoms with Crippen molar-refractivity contribution in [3.05, 3.63) is 24.3 Å². The van der Waals surface area contributed by atoms with Gasteiger partial charge in [-0.3, -0.25) is 9.59 Å². The predicted molar refractivity (Wildman–Crippen MR) is 113 cm³/mol. The normalized spacial score (nSPS) is 25.6. The van der Waals surface area contributed by atoms with E-state index in [4.69, 9.17) is 4.74 Å². The van der Waals surface area contributed by atoms with Crippen molar-refractivity contribution in [2.24, 2.45) is 5.92 Å². The molecule has 6 nitrogen and oxygen atoms in total. The van der Waals surface area contributed by atoms with E-state index in [2.05, 4.69) is 9.80 Å². The number of piperidine rings is 1. The number of carbonyl (C=O) groups excluding carboxylic acids is 2. The molecule has 6 heteroatoms. The summed E-state index contributed by atoms with van der Waals surface area (Å²) in [5.74, 6) is 0.763. The summed E-state index contributed by atoms with van der Waals surface area (Å²) in [4.78, 5) is 32.4. The van der Waals surface area contributed by atoms with Gasteiger partial charge in [0.25, 0.3) is 0 Å². The first-order chi connectivity index (χ1) is 14.2. The predicted octanol–water partition coefficient (Wildman–Crippen LogP) is 2.92. The summed E-state index contributed by atoms with van der Waals surface area (Å²) in [6.07, 6.45) is 7.37. The second-order valence-corrected chi connectivity index (χ2v) is 8.62. The number of benzene rings is 1. The van der Waals surface area contributed by atoms with Crippen LogP contribution in [0.3, 0.4) is 0 Å². The van der Waals surface area contributed by atoms with Gasteiger partial charge in [0.05, 0.1) is 13.0 Å². The molecule has 0 radical (unpaired) electrons. The maximum Gasteiger partial charge on any atom is 0.228 e. The molecular weight excluding hydrogens is 366 g/mol. The van der Waals surface area contributed by atoms with Gasteiger partial charge in [-0.1, -0.05) is 0 Å². The van der Waals surface area contributed by atoms with Crippen molar-refractivity contribution < 1.29 is 14.3 Å². The molecule has 2 atom stereocenters. The van der Waals surface area contributed by atoms with Crippen molar-refractivity contribution in [2.45, 2.75) is 51.0 Å². The SMILES string of the molecule is COc1ccc(N2C[C@H](C(=O)N3CCCC[C@@H]3CCN3CCCC3)CC2=O)cc1. The van der Waals surface area contributed by atoms with Gasteiger partial charge in [-0.15, -0.1) is 0 Å². The zero-order valence-electron chi connectivity index (χ0n) is 17.5. The maximum atomic E-state index is 13.3. The Morgan fingerprint density at radius 3 is 2.52 bits per heavy atom. The van der Waals surface area contributed by atoms with Crippen LogP contribution in [0.15, 0.2) is 24.3 Å². The van der Waals surface area contributed by atoms with Crippen LogP contribution in [0.4, 0.5) is 5.69 Å². The van der Waals surface area contributed by atoms with Crippen LogP contribution in [0.2, 0.25) is 0 Å². The molecule has 2 amide bonds. The van der Waals surface area contributed by atoms with E-state index >= 15 is 0 Å². The summed E-state index contributed by atoms with van der Waals surface area (Å²) in [5, 5.41) is 0. The van der Waals surface area contributed by atoms with Crippen LogP contribution >= 0.6 is 0 Å². The van der Waals surface area contributed by atoms with Gasteiger partial charge in [0.2, 0.25) is 11.8 Å². The molecule has 0 N–H and O–H groups in total. The molecule has 0 aromatic heterocycles. The third-order valence-electron chi connectivity index (χ3n) is 6.75. The summed E-state index contributed by atoms with van der Waals surface area (Å²) in [7, 11) is 1.63. The number of likely N-dealkylation sites (tertiary alicyclic amines) is 2. The first kappa shape index (κ1) is 20.2. The number of amides is 2. The summed E-state index contributed by atoms with van der Waals surface area (Å²) in [5.41, 5.74) is 0.843. The lowest BCUT2D eigenvalue weighted by molar-refractivity contribution is -0.139. The van der Waals surface area contributed by atoms with Crippen molar-refractivity contribution in [3.8, 4) is 5.75 Å².